The number of pyridine rings is 1. The highest BCUT2D eigenvalue weighted by Gasteiger charge is 2.48. The van der Waals surface area contributed by atoms with E-state index in [9.17, 15) is 4.79 Å². The number of H-pyrrole nitrogens is 1. The van der Waals surface area contributed by atoms with Gasteiger partial charge in [0.15, 0.2) is 5.65 Å². The van der Waals surface area contributed by atoms with Gasteiger partial charge >= 0.3 is 0 Å². The number of carbonyl (C=O) groups is 1. The van der Waals surface area contributed by atoms with Gasteiger partial charge in [-0.3, -0.25) is 4.79 Å². The first-order valence-corrected chi connectivity index (χ1v) is 12.8. The van der Waals surface area contributed by atoms with Crippen LogP contribution in [-0.2, 0) is 9.53 Å². The van der Waals surface area contributed by atoms with Gasteiger partial charge in [-0.05, 0) is 42.5 Å². The number of aliphatic hydroxyl groups is 1. The summed E-state index contributed by atoms with van der Waals surface area (Å²) < 4.78 is 5.45. The molecule has 4 unspecified atom stereocenters. The quantitative estimate of drug-likeness (QED) is 0.363. The van der Waals surface area contributed by atoms with Crippen molar-refractivity contribution in [2.75, 3.05) is 49.7 Å². The number of carbonyl (C=O) groups excluding carboxylic acids is 1. The molecule has 188 valence electrons. The number of rotatable bonds is 7. The second-order valence-electron chi connectivity index (χ2n) is 9.57. The summed E-state index contributed by atoms with van der Waals surface area (Å²) in [5.74, 6) is 0.826. The molecule has 0 radical (unpaired) electrons. The van der Waals surface area contributed by atoms with Crippen LogP contribution in [0.1, 0.15) is 6.42 Å². The molecular weight excluding hydrogens is 480 g/mol. The molecule has 1 saturated heterocycles. The van der Waals surface area contributed by atoms with E-state index >= 15 is 0 Å². The summed E-state index contributed by atoms with van der Waals surface area (Å²) in [6.45, 7) is 3.43. The van der Waals surface area contributed by atoms with E-state index in [-0.39, 0.29) is 42.9 Å². The van der Waals surface area contributed by atoms with Gasteiger partial charge in [-0.25, -0.2) is 9.97 Å². The minimum absolute atomic E-state index is 0.0505. The molecule has 4 atom stereocenters. The smallest absolute Gasteiger partial charge is 0.225 e. The Kier molecular flexibility index (Phi) is 6.29. The molecule has 1 saturated carbocycles. The van der Waals surface area contributed by atoms with Gasteiger partial charge in [0.1, 0.15) is 11.3 Å². The second-order valence-corrected chi connectivity index (χ2v) is 9.98. The number of allylic oxidation sites excluding steroid dienone is 1. The lowest BCUT2D eigenvalue weighted by Crippen LogP contribution is -2.44. The highest BCUT2D eigenvalue weighted by atomic mass is 35.5. The lowest BCUT2D eigenvalue weighted by molar-refractivity contribution is -0.126. The van der Waals surface area contributed by atoms with E-state index in [0.29, 0.717) is 22.2 Å². The lowest BCUT2D eigenvalue weighted by Gasteiger charge is -2.29. The second kappa shape index (κ2) is 9.72. The Morgan fingerprint density at radius 1 is 1.19 bits per heavy atom. The molecule has 6 rings (SSSR count). The molecule has 2 fully saturated rings. The first-order chi connectivity index (χ1) is 17.6. The molecule has 3 heterocycles. The maximum atomic E-state index is 12.9. The van der Waals surface area contributed by atoms with Crippen molar-refractivity contribution in [2.24, 2.45) is 17.8 Å². The van der Waals surface area contributed by atoms with Crippen molar-refractivity contribution >= 4 is 40.0 Å². The number of aromatic amines is 1. The Labute approximate surface area is 213 Å². The summed E-state index contributed by atoms with van der Waals surface area (Å²) in [4.78, 5) is 27.8. The maximum Gasteiger partial charge on any atom is 0.225 e. The number of morpholine rings is 1. The minimum atomic E-state index is -0.235. The third kappa shape index (κ3) is 4.21. The van der Waals surface area contributed by atoms with Gasteiger partial charge < -0.3 is 30.4 Å². The monoisotopic (exact) mass is 508 g/mol. The standard InChI is InChI=1S/C26H29ClN6O3/c27-19-14-29-25-23(22(19)30-21-17-2-1-16(13-17)20(21)26(35)28-7-10-34)31-24(32-25)15-3-5-18(6-4-15)33-8-11-36-12-9-33/h1-6,14,16-17,20-21,34H,7-13H2,(H,28,35)(H2,29,30,31,32). The van der Waals surface area contributed by atoms with E-state index in [4.69, 9.17) is 26.4 Å². The van der Waals surface area contributed by atoms with Crippen molar-refractivity contribution in [3.05, 3.63) is 47.6 Å². The third-order valence-electron chi connectivity index (χ3n) is 7.47. The Balaban J connectivity index is 1.28. The van der Waals surface area contributed by atoms with Crippen LogP contribution in [-0.4, -0.2) is 71.5 Å². The average molecular weight is 509 g/mol. The molecule has 2 bridgehead atoms. The van der Waals surface area contributed by atoms with Gasteiger partial charge in [0.2, 0.25) is 5.91 Å². The van der Waals surface area contributed by atoms with Crippen LogP contribution >= 0.6 is 11.6 Å². The van der Waals surface area contributed by atoms with Crippen molar-refractivity contribution in [1.82, 2.24) is 20.3 Å². The Morgan fingerprint density at radius 3 is 2.75 bits per heavy atom. The Bertz CT molecular complexity index is 1290. The van der Waals surface area contributed by atoms with Gasteiger partial charge in [0.25, 0.3) is 0 Å². The molecule has 3 aromatic rings. The topological polar surface area (TPSA) is 115 Å². The zero-order chi connectivity index (χ0) is 24.6. The zero-order valence-corrected chi connectivity index (χ0v) is 20.5. The molecule has 2 aromatic heterocycles. The van der Waals surface area contributed by atoms with Crippen molar-refractivity contribution in [2.45, 2.75) is 12.5 Å². The molecule has 1 aliphatic heterocycles. The number of aliphatic hydroxyl groups excluding tert-OH is 1. The summed E-state index contributed by atoms with van der Waals surface area (Å²) in [7, 11) is 0. The highest BCUT2D eigenvalue weighted by molar-refractivity contribution is 6.34. The average Bonchev–Trinajstić information content (AvgIpc) is 3.65. The lowest BCUT2D eigenvalue weighted by atomic mass is 9.87. The normalized spacial score (nSPS) is 25.0. The van der Waals surface area contributed by atoms with E-state index in [1.165, 1.54) is 0 Å². The van der Waals surface area contributed by atoms with E-state index in [2.05, 4.69) is 61.9 Å². The van der Waals surface area contributed by atoms with Crippen molar-refractivity contribution < 1.29 is 14.6 Å². The molecular formula is C26H29ClN6O3. The summed E-state index contributed by atoms with van der Waals surface area (Å²) in [6, 6.07) is 8.20. The molecule has 4 N–H and O–H groups in total. The summed E-state index contributed by atoms with van der Waals surface area (Å²) in [5.41, 5.74) is 4.11. The van der Waals surface area contributed by atoms with Gasteiger partial charge in [-0.1, -0.05) is 23.8 Å². The van der Waals surface area contributed by atoms with Crippen LogP contribution in [0.15, 0.2) is 42.6 Å². The number of halogens is 1. The van der Waals surface area contributed by atoms with Crippen LogP contribution in [0.2, 0.25) is 5.02 Å². The third-order valence-corrected chi connectivity index (χ3v) is 7.76. The van der Waals surface area contributed by atoms with Crippen molar-refractivity contribution in [3.63, 3.8) is 0 Å². The molecule has 2 aliphatic carbocycles. The van der Waals surface area contributed by atoms with E-state index in [1.54, 1.807) is 6.20 Å². The van der Waals surface area contributed by atoms with E-state index in [1.807, 2.05) is 0 Å². The van der Waals surface area contributed by atoms with E-state index in [0.717, 1.165) is 49.5 Å². The van der Waals surface area contributed by atoms with Crippen LogP contribution in [0.25, 0.3) is 22.6 Å². The number of nitrogens with zero attached hydrogens (tertiary/aromatic N) is 3. The number of aromatic nitrogens is 3. The molecule has 9 nitrogen and oxygen atoms in total. The molecule has 3 aliphatic rings. The van der Waals surface area contributed by atoms with Crippen LogP contribution in [0.5, 0.6) is 0 Å². The van der Waals surface area contributed by atoms with Crippen molar-refractivity contribution in [1.29, 1.82) is 0 Å². The predicted octanol–water partition coefficient (Wildman–Crippen LogP) is 2.83. The minimum Gasteiger partial charge on any atom is -0.395 e. The fourth-order valence-electron chi connectivity index (χ4n) is 5.70. The van der Waals surface area contributed by atoms with Crippen LogP contribution in [0.3, 0.4) is 0 Å². The zero-order valence-electron chi connectivity index (χ0n) is 19.8. The fourth-order valence-corrected chi connectivity index (χ4v) is 5.90. The first kappa shape index (κ1) is 23.3. The van der Waals surface area contributed by atoms with E-state index < -0.39 is 0 Å². The van der Waals surface area contributed by atoms with Crippen molar-refractivity contribution in [3.8, 4) is 11.4 Å². The molecule has 0 spiro atoms. The predicted molar refractivity (Wildman–Crippen MR) is 139 cm³/mol. The summed E-state index contributed by atoms with van der Waals surface area (Å²) in [6.07, 6.45) is 6.83. The summed E-state index contributed by atoms with van der Waals surface area (Å²) >= 11 is 6.62. The number of nitrogens with one attached hydrogen (secondary N) is 3. The van der Waals surface area contributed by atoms with Crippen LogP contribution < -0.4 is 15.5 Å². The first-order valence-electron chi connectivity index (χ1n) is 12.4. The Hall–Kier alpha value is -3.14. The number of hydrogen-bond donors (Lipinski definition) is 4. The number of ether oxygens (including phenoxy) is 1. The van der Waals surface area contributed by atoms with Gasteiger partial charge in [0, 0.05) is 36.9 Å². The maximum absolute atomic E-state index is 12.9. The molecule has 1 aromatic carbocycles. The number of benzene rings is 1. The highest BCUT2D eigenvalue weighted by Crippen LogP contribution is 2.46. The van der Waals surface area contributed by atoms with Crippen LogP contribution in [0.4, 0.5) is 11.4 Å². The van der Waals surface area contributed by atoms with Gasteiger partial charge in [-0.15, -0.1) is 0 Å². The summed E-state index contributed by atoms with van der Waals surface area (Å²) in [5, 5.41) is 16.0. The van der Waals surface area contributed by atoms with Gasteiger partial charge in [0.05, 0.1) is 42.6 Å². The van der Waals surface area contributed by atoms with Gasteiger partial charge in [-0.2, -0.15) is 0 Å². The van der Waals surface area contributed by atoms with Crippen LogP contribution in [0, 0.1) is 17.8 Å². The molecule has 1 amide bonds. The number of fused-ring (bicyclic) bond motifs is 3. The largest absolute Gasteiger partial charge is 0.395 e. The number of anilines is 2. The molecule has 10 heteroatoms. The fraction of sp³-hybridized carbons (Fsp3) is 0.423. The Morgan fingerprint density at radius 2 is 1.97 bits per heavy atom. The number of hydrogen-bond acceptors (Lipinski definition) is 7. The molecule has 36 heavy (non-hydrogen) atoms. The number of amides is 1. The number of imidazole rings is 1. The SMILES string of the molecule is O=C(NCCO)C1C2C=CC(C2)C1Nc1c(Cl)cnc2nc(-c3ccc(N4CCOCC4)cc3)[nH]c12.